The Bertz CT molecular complexity index is 599. The predicted octanol–water partition coefficient (Wildman–Crippen LogP) is 4.78. The van der Waals surface area contributed by atoms with Crippen molar-refractivity contribution in [3.05, 3.63) is 28.4 Å². The fourth-order valence-electron chi connectivity index (χ4n) is 2.28. The molecule has 0 spiro atoms. The summed E-state index contributed by atoms with van der Waals surface area (Å²) in [6.07, 6.45) is 3.16. The van der Waals surface area contributed by atoms with E-state index in [1.807, 2.05) is 12.1 Å². The Balaban J connectivity index is 2.65. The molecule has 1 aromatic heterocycles. The summed E-state index contributed by atoms with van der Waals surface area (Å²) in [5.74, 6) is 0.820. The Morgan fingerprint density at radius 3 is 2.70 bits per heavy atom. The number of benzene rings is 1. The lowest BCUT2D eigenvalue weighted by Crippen LogP contribution is -2.04. The summed E-state index contributed by atoms with van der Waals surface area (Å²) in [4.78, 5) is 4.77. The standard InChI is InChI=1S/C16H21BrN2O/c1-4-6-11-10-13(18-9-5-2)15-12(17)7-8-14(20-3)16(15)19-11/h7-8,10H,4-6,9H2,1-3H3,(H,18,19). The average Bonchev–Trinajstić information content (AvgIpc) is 2.45. The van der Waals surface area contributed by atoms with Crippen LogP contribution in [0.5, 0.6) is 5.75 Å². The number of fused-ring (bicyclic) bond motifs is 1. The number of nitrogens with zero attached hydrogens (tertiary/aromatic N) is 1. The van der Waals surface area contributed by atoms with E-state index < -0.39 is 0 Å². The summed E-state index contributed by atoms with van der Waals surface area (Å²) in [6, 6.07) is 6.13. The molecule has 20 heavy (non-hydrogen) atoms. The van der Waals surface area contributed by atoms with Crippen molar-refractivity contribution in [2.45, 2.75) is 33.1 Å². The molecule has 1 N–H and O–H groups in total. The molecule has 0 unspecified atom stereocenters. The van der Waals surface area contributed by atoms with Crippen LogP contribution in [-0.2, 0) is 6.42 Å². The fourth-order valence-corrected chi connectivity index (χ4v) is 2.81. The van der Waals surface area contributed by atoms with Gasteiger partial charge in [-0.15, -0.1) is 0 Å². The van der Waals surface area contributed by atoms with Gasteiger partial charge in [-0.2, -0.15) is 0 Å². The van der Waals surface area contributed by atoms with Gasteiger partial charge in [0.2, 0.25) is 0 Å². The monoisotopic (exact) mass is 336 g/mol. The number of ether oxygens (including phenoxy) is 1. The fraction of sp³-hybridized carbons (Fsp3) is 0.438. The predicted molar refractivity (Wildman–Crippen MR) is 88.8 cm³/mol. The summed E-state index contributed by atoms with van der Waals surface area (Å²) >= 11 is 3.63. The van der Waals surface area contributed by atoms with Crippen LogP contribution < -0.4 is 10.1 Å². The molecule has 0 radical (unpaired) electrons. The van der Waals surface area contributed by atoms with Gasteiger partial charge in [0.25, 0.3) is 0 Å². The molecule has 1 aromatic carbocycles. The SMILES string of the molecule is CCCNc1cc(CCC)nc2c(OC)ccc(Br)c12. The van der Waals surface area contributed by atoms with E-state index in [9.17, 15) is 0 Å². The highest BCUT2D eigenvalue weighted by Gasteiger charge is 2.12. The molecular formula is C16H21BrN2O. The first-order chi connectivity index (χ1) is 9.71. The van der Waals surface area contributed by atoms with E-state index in [2.05, 4.69) is 41.2 Å². The van der Waals surface area contributed by atoms with Gasteiger partial charge in [-0.25, -0.2) is 4.98 Å². The van der Waals surface area contributed by atoms with Crippen LogP contribution in [-0.4, -0.2) is 18.6 Å². The molecule has 2 aromatic rings. The first-order valence-electron chi connectivity index (χ1n) is 7.11. The van der Waals surface area contributed by atoms with Gasteiger partial charge in [0.15, 0.2) is 0 Å². The molecule has 2 rings (SSSR count). The highest BCUT2D eigenvalue weighted by atomic mass is 79.9. The summed E-state index contributed by atoms with van der Waals surface area (Å²) in [5.41, 5.74) is 3.16. The van der Waals surface area contributed by atoms with Crippen LogP contribution in [0.15, 0.2) is 22.7 Å². The number of aromatic nitrogens is 1. The number of hydrogen-bond donors (Lipinski definition) is 1. The molecule has 0 bridgehead atoms. The number of nitrogens with one attached hydrogen (secondary N) is 1. The van der Waals surface area contributed by atoms with Crippen molar-refractivity contribution in [1.29, 1.82) is 0 Å². The lowest BCUT2D eigenvalue weighted by Gasteiger charge is -2.14. The summed E-state index contributed by atoms with van der Waals surface area (Å²) in [7, 11) is 1.69. The Morgan fingerprint density at radius 2 is 2.05 bits per heavy atom. The zero-order valence-electron chi connectivity index (χ0n) is 12.3. The third-order valence-corrected chi connectivity index (χ3v) is 3.88. The molecule has 0 aliphatic carbocycles. The zero-order valence-corrected chi connectivity index (χ0v) is 13.9. The second kappa shape index (κ2) is 6.93. The number of methoxy groups -OCH3 is 1. The molecule has 1 heterocycles. The van der Waals surface area contributed by atoms with Crippen LogP contribution in [0, 0.1) is 0 Å². The largest absolute Gasteiger partial charge is 0.494 e. The molecule has 3 nitrogen and oxygen atoms in total. The van der Waals surface area contributed by atoms with Crippen molar-refractivity contribution in [2.75, 3.05) is 19.0 Å². The molecule has 4 heteroatoms. The highest BCUT2D eigenvalue weighted by Crippen LogP contribution is 2.36. The van der Waals surface area contributed by atoms with E-state index in [1.165, 1.54) is 0 Å². The van der Waals surface area contributed by atoms with Crippen LogP contribution in [0.3, 0.4) is 0 Å². The van der Waals surface area contributed by atoms with E-state index in [4.69, 9.17) is 9.72 Å². The van der Waals surface area contributed by atoms with Crippen LogP contribution in [0.1, 0.15) is 32.4 Å². The number of hydrogen-bond acceptors (Lipinski definition) is 3. The maximum Gasteiger partial charge on any atom is 0.145 e. The van der Waals surface area contributed by atoms with Crippen LogP contribution in [0.2, 0.25) is 0 Å². The quantitative estimate of drug-likeness (QED) is 0.824. The lowest BCUT2D eigenvalue weighted by molar-refractivity contribution is 0.418. The van der Waals surface area contributed by atoms with Gasteiger partial charge in [0.05, 0.1) is 7.11 Å². The Hall–Kier alpha value is -1.29. The van der Waals surface area contributed by atoms with Crippen molar-refractivity contribution >= 4 is 32.5 Å². The second-order valence-corrected chi connectivity index (χ2v) is 5.67. The molecule has 0 atom stereocenters. The van der Waals surface area contributed by atoms with Crippen LogP contribution in [0.4, 0.5) is 5.69 Å². The maximum absolute atomic E-state index is 5.46. The van der Waals surface area contributed by atoms with Gasteiger partial charge in [0.1, 0.15) is 11.3 Å². The summed E-state index contributed by atoms with van der Waals surface area (Å²) in [6.45, 7) is 5.29. The van der Waals surface area contributed by atoms with E-state index in [0.717, 1.165) is 58.3 Å². The Labute approximate surface area is 128 Å². The molecule has 0 aliphatic rings. The normalized spacial score (nSPS) is 10.8. The minimum absolute atomic E-state index is 0.820. The zero-order chi connectivity index (χ0) is 14.5. The van der Waals surface area contributed by atoms with Gasteiger partial charge in [0, 0.05) is 27.8 Å². The van der Waals surface area contributed by atoms with E-state index >= 15 is 0 Å². The van der Waals surface area contributed by atoms with Crippen molar-refractivity contribution in [3.8, 4) is 5.75 Å². The van der Waals surface area contributed by atoms with Crippen molar-refractivity contribution in [3.63, 3.8) is 0 Å². The topological polar surface area (TPSA) is 34.2 Å². The first kappa shape index (κ1) is 15.1. The average molecular weight is 337 g/mol. The van der Waals surface area contributed by atoms with Gasteiger partial charge >= 0.3 is 0 Å². The smallest absolute Gasteiger partial charge is 0.145 e. The third-order valence-electron chi connectivity index (χ3n) is 3.22. The van der Waals surface area contributed by atoms with Crippen molar-refractivity contribution in [1.82, 2.24) is 4.98 Å². The minimum Gasteiger partial charge on any atom is -0.494 e. The lowest BCUT2D eigenvalue weighted by atomic mass is 10.1. The number of rotatable bonds is 6. The number of anilines is 1. The maximum atomic E-state index is 5.46. The summed E-state index contributed by atoms with van der Waals surface area (Å²) < 4.78 is 6.51. The Kier molecular flexibility index (Phi) is 5.24. The Morgan fingerprint density at radius 1 is 1.25 bits per heavy atom. The van der Waals surface area contributed by atoms with Crippen LogP contribution >= 0.6 is 15.9 Å². The first-order valence-corrected chi connectivity index (χ1v) is 7.90. The minimum atomic E-state index is 0.820. The molecule has 0 fully saturated rings. The van der Waals surface area contributed by atoms with Gasteiger partial charge in [-0.05, 0) is 31.0 Å². The number of pyridine rings is 1. The highest BCUT2D eigenvalue weighted by molar-refractivity contribution is 9.10. The summed E-state index contributed by atoms with van der Waals surface area (Å²) in [5, 5.41) is 4.60. The van der Waals surface area contributed by atoms with E-state index in [0.29, 0.717) is 0 Å². The molecular weight excluding hydrogens is 316 g/mol. The number of aryl methyl sites for hydroxylation is 1. The molecule has 0 saturated heterocycles. The van der Waals surface area contributed by atoms with Gasteiger partial charge in [-0.1, -0.05) is 36.2 Å². The van der Waals surface area contributed by atoms with Gasteiger partial charge < -0.3 is 10.1 Å². The van der Waals surface area contributed by atoms with Crippen molar-refractivity contribution < 1.29 is 4.74 Å². The van der Waals surface area contributed by atoms with E-state index in [-0.39, 0.29) is 0 Å². The molecule has 0 saturated carbocycles. The number of halogens is 1. The van der Waals surface area contributed by atoms with E-state index in [1.54, 1.807) is 7.11 Å². The van der Waals surface area contributed by atoms with Gasteiger partial charge in [-0.3, -0.25) is 0 Å². The third kappa shape index (κ3) is 3.06. The molecule has 0 aliphatic heterocycles. The molecule has 108 valence electrons. The second-order valence-electron chi connectivity index (χ2n) is 4.81. The van der Waals surface area contributed by atoms with Crippen LogP contribution in [0.25, 0.3) is 10.9 Å². The molecule has 0 amide bonds. The van der Waals surface area contributed by atoms with Crippen molar-refractivity contribution in [2.24, 2.45) is 0 Å².